The number of nitrogens with one attached hydrogen (secondary N) is 1. The van der Waals surface area contributed by atoms with Gasteiger partial charge >= 0.3 is 5.97 Å². The lowest BCUT2D eigenvalue weighted by molar-refractivity contribution is -0.304. The molecular formula is C51H78N4O16. The summed E-state index contributed by atoms with van der Waals surface area (Å²) in [6.45, 7) is 3.98. The van der Waals surface area contributed by atoms with Crippen molar-refractivity contribution in [1.29, 1.82) is 0 Å². The summed E-state index contributed by atoms with van der Waals surface area (Å²) in [7, 11) is 0. The van der Waals surface area contributed by atoms with Crippen molar-refractivity contribution in [2.24, 2.45) is 17.6 Å². The predicted octanol–water partition coefficient (Wildman–Crippen LogP) is 0.396. The maximum atomic E-state index is 13.9. The van der Waals surface area contributed by atoms with Gasteiger partial charge in [-0.1, -0.05) is 92.0 Å². The molecule has 13 N–H and O–H groups in total. The second kappa shape index (κ2) is 30.7. The van der Waals surface area contributed by atoms with Gasteiger partial charge in [-0.25, -0.2) is 4.98 Å². The zero-order valence-electron chi connectivity index (χ0n) is 40.6. The first-order valence-electron chi connectivity index (χ1n) is 24.5. The highest BCUT2D eigenvalue weighted by Gasteiger charge is 2.50. The van der Waals surface area contributed by atoms with Crippen LogP contribution in [0.15, 0.2) is 104 Å². The van der Waals surface area contributed by atoms with Crippen LogP contribution >= 0.6 is 0 Å². The lowest BCUT2D eigenvalue weighted by Crippen LogP contribution is -2.59. The molecule has 0 radical (unpaired) electrons. The highest BCUT2D eigenvalue weighted by molar-refractivity contribution is 5.80. The Morgan fingerprint density at radius 2 is 1.42 bits per heavy atom. The number of esters is 1. The molecule has 4 heterocycles. The molecule has 3 aliphatic heterocycles. The second-order valence-corrected chi connectivity index (χ2v) is 18.8. The van der Waals surface area contributed by atoms with E-state index in [-0.39, 0.29) is 51.2 Å². The molecule has 4 rings (SSSR count). The molecule has 0 aliphatic carbocycles. The molecule has 0 aromatic carbocycles. The van der Waals surface area contributed by atoms with Crippen molar-refractivity contribution in [3.8, 4) is 0 Å². The van der Waals surface area contributed by atoms with E-state index >= 15 is 0 Å². The number of rotatable bonds is 7. The standard InChI is InChI=1S/C51H78N4O16/c1-33-16-13-11-9-7-5-3-4-6-8-10-12-14-17-38(70-50-48(65)47(52)43(63)31-68-50)28-44-46(49(66)54-20-15-22-55-23-21-53-32-55)42(62)30-51(67,71-44)29-37(58)26-41(61)39(59)19-18-35(56)25-36(57)27-45(64)69-34(2)24-40(33)60/h3-14,16-17,21,23,32-44,46-48,50,56-63,65,67H,15,18-20,22,24-31,52H2,1-2H3,(H,54,66)/b4-3+,7-5+,8-6+,11-9+,12-10+,16-13+,17-14+/t33-,34-,35?,36+,37?,38?,39?,40-,41?,42-,43+,44-,46?,47-,48-,50-,51?/m0/s1. The van der Waals surface area contributed by atoms with Crippen LogP contribution in [0.25, 0.3) is 0 Å². The number of fused-ring (bicyclic) bond motifs is 2. The third kappa shape index (κ3) is 21.4. The van der Waals surface area contributed by atoms with E-state index in [1.165, 1.54) is 0 Å². The number of hydrogen-bond acceptors (Lipinski definition) is 18. The highest BCUT2D eigenvalue weighted by Crippen LogP contribution is 2.38. The van der Waals surface area contributed by atoms with Crippen LogP contribution in [0, 0.1) is 11.8 Å². The molecule has 398 valence electrons. The Morgan fingerprint density at radius 1 is 0.775 bits per heavy atom. The largest absolute Gasteiger partial charge is 0.462 e. The van der Waals surface area contributed by atoms with Gasteiger partial charge in [0, 0.05) is 63.5 Å². The summed E-state index contributed by atoms with van der Waals surface area (Å²) < 4.78 is 25.2. The second-order valence-electron chi connectivity index (χ2n) is 18.8. The van der Waals surface area contributed by atoms with Crippen LogP contribution in [0.3, 0.4) is 0 Å². The van der Waals surface area contributed by atoms with Gasteiger partial charge in [0.25, 0.3) is 0 Å². The monoisotopic (exact) mass is 1000 g/mol. The quantitative estimate of drug-likeness (QED) is 0.130. The van der Waals surface area contributed by atoms with Crippen molar-refractivity contribution in [2.75, 3.05) is 13.2 Å². The van der Waals surface area contributed by atoms with Crippen LogP contribution in [0.2, 0.25) is 0 Å². The van der Waals surface area contributed by atoms with Gasteiger partial charge in [-0.15, -0.1) is 0 Å². The highest BCUT2D eigenvalue weighted by atomic mass is 16.7. The number of aliphatic hydroxyl groups excluding tert-OH is 9. The molecule has 2 fully saturated rings. The number of nitrogens with two attached hydrogens (primary N) is 1. The molecule has 2 bridgehead atoms. The number of carbonyl (C=O) groups excluding carboxylic acids is 2. The Bertz CT molecular complexity index is 1930. The fourth-order valence-corrected chi connectivity index (χ4v) is 8.52. The Labute approximate surface area is 415 Å². The Hall–Kier alpha value is -4.23. The Morgan fingerprint density at radius 3 is 2.07 bits per heavy atom. The van der Waals surface area contributed by atoms with Crippen molar-refractivity contribution in [3.05, 3.63) is 104 Å². The van der Waals surface area contributed by atoms with Crippen molar-refractivity contribution in [3.63, 3.8) is 0 Å². The SMILES string of the molecule is C[C@H]1C[C@H](O)[C@@H](C)/C=C/C=C/C=C/C=C/C=C/C=C/C=C/C(O[C@@H]2OC[C@@H](O)[C@H](N)[C@@H]2O)C[C@@H]2OC(O)(CC(O)CC(O)C(O)CCC(O)C[C@@H](O)CC(=O)O1)C[C@H](O)C2C(=O)NCCCn1ccnc1. The van der Waals surface area contributed by atoms with E-state index in [0.29, 0.717) is 13.0 Å². The zero-order valence-corrected chi connectivity index (χ0v) is 40.6. The molecule has 1 aromatic rings. The number of allylic oxidation sites excluding steroid dienone is 12. The van der Waals surface area contributed by atoms with Gasteiger partial charge in [0.05, 0.1) is 92.4 Å². The molecule has 7 unspecified atom stereocenters. The van der Waals surface area contributed by atoms with Crippen LogP contribution in [-0.2, 0) is 35.1 Å². The fraction of sp³-hybridized carbons (Fsp3) is 0.627. The number of imidazole rings is 1. The molecule has 17 atom stereocenters. The molecule has 1 amide bonds. The normalized spacial score (nSPS) is 40.5. The smallest absolute Gasteiger partial charge is 0.308 e. The zero-order chi connectivity index (χ0) is 51.9. The number of aromatic nitrogens is 2. The molecular weight excluding hydrogens is 925 g/mol. The molecule has 3 aliphatic rings. The minimum absolute atomic E-state index is 0.0928. The summed E-state index contributed by atoms with van der Waals surface area (Å²) in [6, 6.07) is -1.11. The van der Waals surface area contributed by atoms with E-state index in [2.05, 4.69) is 10.3 Å². The molecule has 71 heavy (non-hydrogen) atoms. The minimum Gasteiger partial charge on any atom is -0.462 e. The van der Waals surface area contributed by atoms with Crippen molar-refractivity contribution >= 4 is 11.9 Å². The third-order valence-electron chi connectivity index (χ3n) is 12.5. The number of cyclic esters (lactones) is 1. The summed E-state index contributed by atoms with van der Waals surface area (Å²) in [6.07, 6.45) is 11.4. The van der Waals surface area contributed by atoms with Crippen LogP contribution in [0.4, 0.5) is 0 Å². The molecule has 20 nitrogen and oxygen atoms in total. The Balaban J connectivity index is 1.57. The lowest BCUT2D eigenvalue weighted by atomic mass is 9.82. The number of aliphatic hydroxyl groups is 10. The lowest BCUT2D eigenvalue weighted by Gasteiger charge is -2.45. The van der Waals surface area contributed by atoms with Gasteiger partial charge in [-0.05, 0) is 32.6 Å². The van der Waals surface area contributed by atoms with E-state index in [4.69, 9.17) is 24.7 Å². The van der Waals surface area contributed by atoms with Crippen LogP contribution in [0.5, 0.6) is 0 Å². The third-order valence-corrected chi connectivity index (χ3v) is 12.5. The van der Waals surface area contributed by atoms with Crippen molar-refractivity contribution in [1.82, 2.24) is 14.9 Å². The summed E-state index contributed by atoms with van der Waals surface area (Å²) >= 11 is 0. The summed E-state index contributed by atoms with van der Waals surface area (Å²) in [4.78, 5) is 30.5. The number of hydrogen-bond donors (Lipinski definition) is 12. The van der Waals surface area contributed by atoms with Gasteiger partial charge in [0.15, 0.2) is 12.1 Å². The van der Waals surface area contributed by atoms with Gasteiger partial charge in [0.1, 0.15) is 12.2 Å². The molecule has 1 aromatic heterocycles. The van der Waals surface area contributed by atoms with Gasteiger partial charge < -0.3 is 85.6 Å². The fourth-order valence-electron chi connectivity index (χ4n) is 8.52. The van der Waals surface area contributed by atoms with Gasteiger partial charge in [-0.3, -0.25) is 9.59 Å². The predicted molar refractivity (Wildman–Crippen MR) is 260 cm³/mol. The molecule has 2 saturated heterocycles. The first-order valence-corrected chi connectivity index (χ1v) is 24.5. The summed E-state index contributed by atoms with van der Waals surface area (Å²) in [5, 5.41) is 112. The number of nitrogens with zero attached hydrogens (tertiary/aromatic N) is 2. The maximum Gasteiger partial charge on any atom is 0.308 e. The van der Waals surface area contributed by atoms with Crippen LogP contribution < -0.4 is 11.1 Å². The average molecular weight is 1000 g/mol. The number of amides is 1. The summed E-state index contributed by atoms with van der Waals surface area (Å²) in [5.74, 6) is -5.11. The number of ether oxygens (including phenoxy) is 4. The first-order chi connectivity index (χ1) is 33.8. The van der Waals surface area contributed by atoms with E-state index < -0.39 is 135 Å². The van der Waals surface area contributed by atoms with Crippen LogP contribution in [0.1, 0.15) is 78.1 Å². The van der Waals surface area contributed by atoms with E-state index in [0.717, 1.165) is 0 Å². The molecule has 0 saturated carbocycles. The molecule has 20 heteroatoms. The topological polar surface area (TPSA) is 329 Å². The average Bonchev–Trinajstić information content (AvgIpc) is 3.82. The maximum absolute atomic E-state index is 13.9. The van der Waals surface area contributed by atoms with Crippen LogP contribution in [-0.4, -0.2) is 177 Å². The van der Waals surface area contributed by atoms with Gasteiger partial charge in [-0.2, -0.15) is 0 Å². The Kier molecular flexibility index (Phi) is 25.7. The first kappa shape index (κ1) is 59.3. The van der Waals surface area contributed by atoms with E-state index in [1.54, 1.807) is 80.3 Å². The number of carbonyl (C=O) groups is 2. The van der Waals surface area contributed by atoms with E-state index in [9.17, 15) is 60.7 Å². The van der Waals surface area contributed by atoms with Gasteiger partial charge in [0.2, 0.25) is 5.91 Å². The number of aryl methyl sites for hydroxylation is 1. The van der Waals surface area contributed by atoms with Crippen molar-refractivity contribution < 1.29 is 79.6 Å². The van der Waals surface area contributed by atoms with Crippen molar-refractivity contribution in [2.45, 2.75) is 176 Å². The summed E-state index contributed by atoms with van der Waals surface area (Å²) in [5.41, 5.74) is 6.03. The minimum atomic E-state index is -2.27. The van der Waals surface area contributed by atoms with E-state index in [1.807, 2.05) is 41.9 Å². The molecule has 0 spiro atoms.